The van der Waals surface area contributed by atoms with Gasteiger partial charge in [-0.05, 0) is 61.5 Å². The van der Waals surface area contributed by atoms with Gasteiger partial charge in [-0.25, -0.2) is 0 Å². The summed E-state index contributed by atoms with van der Waals surface area (Å²) in [6, 6.07) is 8.95. The van der Waals surface area contributed by atoms with Crippen molar-refractivity contribution in [3.8, 4) is 0 Å². The van der Waals surface area contributed by atoms with Crippen LogP contribution < -0.4 is 5.32 Å². The van der Waals surface area contributed by atoms with Crippen LogP contribution in [0.15, 0.2) is 28.7 Å². The van der Waals surface area contributed by atoms with E-state index in [2.05, 4.69) is 63.2 Å². The summed E-state index contributed by atoms with van der Waals surface area (Å²) in [6.07, 6.45) is 1.27. The van der Waals surface area contributed by atoms with Gasteiger partial charge in [0, 0.05) is 35.8 Å². The zero-order chi connectivity index (χ0) is 13.7. The van der Waals surface area contributed by atoms with Gasteiger partial charge in [-0.1, -0.05) is 12.1 Å². The predicted molar refractivity (Wildman–Crippen MR) is 85.8 cm³/mol. The summed E-state index contributed by atoms with van der Waals surface area (Å²) in [4.78, 5) is 5.03. The lowest BCUT2D eigenvalue weighted by Crippen LogP contribution is -2.40. The molecule has 0 radical (unpaired) electrons. The zero-order valence-corrected chi connectivity index (χ0v) is 13.5. The Labute approximate surface area is 125 Å². The van der Waals surface area contributed by atoms with Gasteiger partial charge in [0.05, 0.1) is 0 Å². The quantitative estimate of drug-likeness (QED) is 0.918. The van der Waals surface area contributed by atoms with E-state index in [4.69, 9.17) is 0 Å². The minimum atomic E-state index is 0.647. The van der Waals surface area contributed by atoms with E-state index in [1.165, 1.54) is 31.7 Å². The van der Waals surface area contributed by atoms with Crippen molar-refractivity contribution in [3.05, 3.63) is 28.7 Å². The summed E-state index contributed by atoms with van der Waals surface area (Å²) >= 11 is 3.57. The predicted octanol–water partition coefficient (Wildman–Crippen LogP) is 2.89. The first-order valence-electron chi connectivity index (χ1n) is 7.08. The van der Waals surface area contributed by atoms with Crippen LogP contribution in [-0.2, 0) is 0 Å². The Morgan fingerprint density at radius 3 is 2.89 bits per heavy atom. The normalized spacial score (nSPS) is 22.2. The van der Waals surface area contributed by atoms with Gasteiger partial charge in [0.25, 0.3) is 0 Å². The van der Waals surface area contributed by atoms with E-state index in [0.717, 1.165) is 17.6 Å². The van der Waals surface area contributed by atoms with E-state index in [-0.39, 0.29) is 0 Å². The molecule has 0 spiro atoms. The SMILES string of the molecule is CC1CN(C)CCCN1CCNc1ccccc1Br. The number of benzene rings is 1. The third kappa shape index (κ3) is 4.48. The molecule has 106 valence electrons. The number of hydrogen-bond donors (Lipinski definition) is 1. The van der Waals surface area contributed by atoms with Gasteiger partial charge in [0.2, 0.25) is 0 Å². The molecule has 0 saturated carbocycles. The highest BCUT2D eigenvalue weighted by atomic mass is 79.9. The van der Waals surface area contributed by atoms with Gasteiger partial charge in [-0.3, -0.25) is 4.90 Å². The van der Waals surface area contributed by atoms with Crippen molar-refractivity contribution in [1.29, 1.82) is 0 Å². The van der Waals surface area contributed by atoms with Crippen LogP contribution in [0.1, 0.15) is 13.3 Å². The summed E-state index contributed by atoms with van der Waals surface area (Å²) < 4.78 is 1.14. The Hall–Kier alpha value is -0.580. The number of halogens is 1. The average molecular weight is 326 g/mol. The van der Waals surface area contributed by atoms with E-state index >= 15 is 0 Å². The lowest BCUT2D eigenvalue weighted by molar-refractivity contribution is 0.209. The minimum Gasteiger partial charge on any atom is -0.383 e. The van der Waals surface area contributed by atoms with Gasteiger partial charge in [0.1, 0.15) is 0 Å². The molecule has 0 bridgehead atoms. The van der Waals surface area contributed by atoms with Crippen LogP contribution in [0.25, 0.3) is 0 Å². The van der Waals surface area contributed by atoms with Crippen LogP contribution in [-0.4, -0.2) is 55.6 Å². The highest BCUT2D eigenvalue weighted by Gasteiger charge is 2.18. The molecule has 19 heavy (non-hydrogen) atoms. The van der Waals surface area contributed by atoms with Gasteiger partial charge < -0.3 is 10.2 Å². The summed E-state index contributed by atoms with van der Waals surface area (Å²) in [5, 5.41) is 3.51. The number of anilines is 1. The number of nitrogens with zero attached hydrogens (tertiary/aromatic N) is 2. The molecule has 0 aromatic heterocycles. The largest absolute Gasteiger partial charge is 0.383 e. The van der Waals surface area contributed by atoms with E-state index in [9.17, 15) is 0 Å². The van der Waals surface area contributed by atoms with Crippen LogP contribution in [0.4, 0.5) is 5.69 Å². The standard InChI is InChI=1S/C15H24BrN3/c1-13-12-18(2)9-5-10-19(13)11-8-17-15-7-4-3-6-14(15)16/h3-4,6-7,13,17H,5,8-12H2,1-2H3. The van der Waals surface area contributed by atoms with Crippen molar-refractivity contribution in [2.24, 2.45) is 0 Å². The third-order valence-corrected chi connectivity index (χ3v) is 4.46. The van der Waals surface area contributed by atoms with Crippen LogP contribution in [0.2, 0.25) is 0 Å². The van der Waals surface area contributed by atoms with Crippen molar-refractivity contribution in [2.45, 2.75) is 19.4 Å². The topological polar surface area (TPSA) is 18.5 Å². The fourth-order valence-corrected chi connectivity index (χ4v) is 3.12. The van der Waals surface area contributed by atoms with E-state index in [0.29, 0.717) is 6.04 Å². The first-order chi connectivity index (χ1) is 9.16. The van der Waals surface area contributed by atoms with Gasteiger partial charge in [-0.2, -0.15) is 0 Å². The van der Waals surface area contributed by atoms with Crippen molar-refractivity contribution >= 4 is 21.6 Å². The molecule has 1 aliphatic heterocycles. The summed E-state index contributed by atoms with van der Waals surface area (Å²) in [6.45, 7) is 8.05. The molecule has 1 aliphatic rings. The number of rotatable bonds is 4. The van der Waals surface area contributed by atoms with Gasteiger partial charge in [-0.15, -0.1) is 0 Å². The molecule has 2 rings (SSSR count). The van der Waals surface area contributed by atoms with Gasteiger partial charge >= 0.3 is 0 Å². The second kappa shape index (κ2) is 7.27. The molecule has 0 amide bonds. The van der Waals surface area contributed by atoms with Crippen molar-refractivity contribution < 1.29 is 0 Å². The number of para-hydroxylation sites is 1. The number of nitrogens with one attached hydrogen (secondary N) is 1. The molecule has 4 heteroatoms. The Balaban J connectivity index is 1.80. The fourth-order valence-electron chi connectivity index (χ4n) is 2.69. The number of likely N-dealkylation sites (N-methyl/N-ethyl adjacent to an activating group) is 1. The Kier molecular flexibility index (Phi) is 5.67. The van der Waals surface area contributed by atoms with Crippen molar-refractivity contribution in [2.75, 3.05) is 45.1 Å². The van der Waals surface area contributed by atoms with Crippen LogP contribution in [0.5, 0.6) is 0 Å². The van der Waals surface area contributed by atoms with Gasteiger partial charge in [0.15, 0.2) is 0 Å². The second-order valence-corrected chi connectivity index (χ2v) is 6.26. The number of hydrogen-bond acceptors (Lipinski definition) is 3. The lowest BCUT2D eigenvalue weighted by atomic mass is 10.2. The van der Waals surface area contributed by atoms with E-state index in [1.54, 1.807) is 0 Å². The van der Waals surface area contributed by atoms with Crippen molar-refractivity contribution in [3.63, 3.8) is 0 Å². The van der Waals surface area contributed by atoms with Crippen molar-refractivity contribution in [1.82, 2.24) is 9.80 Å². The summed E-state index contributed by atoms with van der Waals surface area (Å²) in [5.41, 5.74) is 1.18. The third-order valence-electron chi connectivity index (χ3n) is 3.77. The molecule has 1 unspecified atom stereocenters. The maximum Gasteiger partial charge on any atom is 0.0485 e. The minimum absolute atomic E-state index is 0.647. The lowest BCUT2D eigenvalue weighted by Gasteiger charge is -2.28. The first kappa shape index (κ1) is 14.8. The molecular formula is C15H24BrN3. The molecule has 1 N–H and O–H groups in total. The molecule has 3 nitrogen and oxygen atoms in total. The van der Waals surface area contributed by atoms with Crippen LogP contribution in [0, 0.1) is 0 Å². The summed E-state index contributed by atoms with van der Waals surface area (Å²) in [7, 11) is 2.22. The van der Waals surface area contributed by atoms with Crippen LogP contribution >= 0.6 is 15.9 Å². The average Bonchev–Trinajstić information content (AvgIpc) is 2.53. The maximum atomic E-state index is 3.57. The Morgan fingerprint density at radius 2 is 2.11 bits per heavy atom. The summed E-state index contributed by atoms with van der Waals surface area (Å²) in [5.74, 6) is 0. The van der Waals surface area contributed by atoms with E-state index < -0.39 is 0 Å². The fraction of sp³-hybridized carbons (Fsp3) is 0.600. The first-order valence-corrected chi connectivity index (χ1v) is 7.87. The highest BCUT2D eigenvalue weighted by Crippen LogP contribution is 2.20. The molecule has 1 aromatic carbocycles. The molecular weight excluding hydrogens is 302 g/mol. The smallest absolute Gasteiger partial charge is 0.0485 e. The molecule has 1 fully saturated rings. The molecule has 1 heterocycles. The maximum absolute atomic E-state index is 3.57. The molecule has 1 atom stereocenters. The second-order valence-electron chi connectivity index (χ2n) is 5.41. The molecule has 0 aliphatic carbocycles. The van der Waals surface area contributed by atoms with E-state index in [1.807, 2.05) is 6.07 Å². The monoisotopic (exact) mass is 325 g/mol. The highest BCUT2D eigenvalue weighted by molar-refractivity contribution is 9.10. The Morgan fingerprint density at radius 1 is 1.32 bits per heavy atom. The Bertz CT molecular complexity index is 397. The molecule has 1 aromatic rings. The van der Waals surface area contributed by atoms with Crippen LogP contribution in [0.3, 0.4) is 0 Å². The zero-order valence-electron chi connectivity index (χ0n) is 11.9. The molecule has 1 saturated heterocycles.